The predicted octanol–water partition coefficient (Wildman–Crippen LogP) is 3.31. The second kappa shape index (κ2) is 10.2. The van der Waals surface area contributed by atoms with Gasteiger partial charge in [0.1, 0.15) is 23.5 Å². The molecule has 0 radical (unpaired) electrons. The van der Waals surface area contributed by atoms with Crippen LogP contribution >= 0.6 is 11.6 Å². The predicted molar refractivity (Wildman–Crippen MR) is 128 cm³/mol. The van der Waals surface area contributed by atoms with E-state index < -0.39 is 11.9 Å². The van der Waals surface area contributed by atoms with Crippen molar-refractivity contribution in [3.63, 3.8) is 0 Å². The van der Waals surface area contributed by atoms with Crippen molar-refractivity contribution in [2.45, 2.75) is 25.5 Å². The SMILES string of the molecule is O=C(OCc1cc(F)cc(Cl)c1)N1CCN(C2CCN(C(=O)c3ccc4n[nH]nc4c3)CC2)CC1. The molecular formula is C24H26ClFN6O3. The first kappa shape index (κ1) is 23.5. The Morgan fingerprint density at radius 1 is 0.971 bits per heavy atom. The molecule has 2 amide bonds. The molecule has 184 valence electrons. The molecule has 11 heteroatoms. The number of nitrogens with one attached hydrogen (secondary N) is 1. The molecule has 0 aliphatic carbocycles. The quantitative estimate of drug-likeness (QED) is 0.590. The summed E-state index contributed by atoms with van der Waals surface area (Å²) in [5.41, 5.74) is 2.56. The van der Waals surface area contributed by atoms with Crippen molar-refractivity contribution in [1.29, 1.82) is 0 Å². The molecule has 9 nitrogen and oxygen atoms in total. The Balaban J connectivity index is 1.07. The molecule has 1 N–H and O–H groups in total. The summed E-state index contributed by atoms with van der Waals surface area (Å²) in [4.78, 5) is 31.3. The molecular weight excluding hydrogens is 475 g/mol. The van der Waals surface area contributed by atoms with Gasteiger partial charge in [0.05, 0.1) is 0 Å². The van der Waals surface area contributed by atoms with Gasteiger partial charge in [-0.1, -0.05) is 11.6 Å². The van der Waals surface area contributed by atoms with Crippen LogP contribution in [0.15, 0.2) is 36.4 Å². The van der Waals surface area contributed by atoms with E-state index in [0.717, 1.165) is 31.4 Å². The highest BCUT2D eigenvalue weighted by atomic mass is 35.5. The van der Waals surface area contributed by atoms with Crippen molar-refractivity contribution in [2.24, 2.45) is 0 Å². The van der Waals surface area contributed by atoms with Crippen molar-refractivity contribution in [3.05, 3.63) is 58.4 Å². The topological polar surface area (TPSA) is 94.7 Å². The molecule has 0 spiro atoms. The first-order valence-corrected chi connectivity index (χ1v) is 12.0. The third-order valence-corrected chi connectivity index (χ3v) is 6.91. The van der Waals surface area contributed by atoms with Crippen LogP contribution in [0.2, 0.25) is 5.02 Å². The molecule has 2 aromatic carbocycles. The van der Waals surface area contributed by atoms with Crippen molar-refractivity contribution in [1.82, 2.24) is 30.1 Å². The third kappa shape index (κ3) is 5.38. The van der Waals surface area contributed by atoms with Crippen LogP contribution in [0, 0.1) is 5.82 Å². The fourth-order valence-corrected chi connectivity index (χ4v) is 5.03. The maximum atomic E-state index is 13.5. The van der Waals surface area contributed by atoms with Gasteiger partial charge in [-0.25, -0.2) is 9.18 Å². The van der Waals surface area contributed by atoms with E-state index in [1.54, 1.807) is 29.2 Å². The molecule has 3 heterocycles. The van der Waals surface area contributed by atoms with E-state index in [-0.39, 0.29) is 17.5 Å². The summed E-state index contributed by atoms with van der Waals surface area (Å²) in [5.74, 6) is -0.443. The van der Waals surface area contributed by atoms with E-state index in [4.69, 9.17) is 16.3 Å². The average molecular weight is 501 g/mol. The summed E-state index contributed by atoms with van der Waals surface area (Å²) >= 11 is 5.85. The molecule has 0 unspecified atom stereocenters. The minimum atomic E-state index is -0.457. The third-order valence-electron chi connectivity index (χ3n) is 6.69. The number of likely N-dealkylation sites (tertiary alicyclic amines) is 1. The summed E-state index contributed by atoms with van der Waals surface area (Å²) in [6.45, 7) is 4.01. The van der Waals surface area contributed by atoms with E-state index in [0.29, 0.717) is 48.9 Å². The van der Waals surface area contributed by atoms with Crippen LogP contribution in [-0.2, 0) is 11.3 Å². The molecule has 2 fully saturated rings. The highest BCUT2D eigenvalue weighted by Gasteiger charge is 2.31. The van der Waals surface area contributed by atoms with Crippen LogP contribution in [0.5, 0.6) is 0 Å². The number of nitrogens with zero attached hydrogens (tertiary/aromatic N) is 5. The Kier molecular flexibility index (Phi) is 6.83. The lowest BCUT2D eigenvalue weighted by atomic mass is 10.0. The van der Waals surface area contributed by atoms with Crippen molar-refractivity contribution >= 4 is 34.6 Å². The number of hydrogen-bond acceptors (Lipinski definition) is 6. The molecule has 2 saturated heterocycles. The molecule has 1 aromatic heterocycles. The number of benzene rings is 2. The summed E-state index contributed by atoms with van der Waals surface area (Å²) < 4.78 is 18.8. The number of H-pyrrole nitrogens is 1. The Morgan fingerprint density at radius 2 is 1.71 bits per heavy atom. The van der Waals surface area contributed by atoms with Gasteiger partial charge in [-0.2, -0.15) is 15.4 Å². The fourth-order valence-electron chi connectivity index (χ4n) is 4.79. The van der Waals surface area contributed by atoms with Crippen LogP contribution in [-0.4, -0.2) is 87.4 Å². The molecule has 0 atom stereocenters. The lowest BCUT2D eigenvalue weighted by Gasteiger charge is -2.42. The van der Waals surface area contributed by atoms with Crippen LogP contribution in [0.25, 0.3) is 11.0 Å². The van der Waals surface area contributed by atoms with E-state index in [9.17, 15) is 14.0 Å². The summed E-state index contributed by atoms with van der Waals surface area (Å²) in [7, 11) is 0. The second-order valence-corrected chi connectivity index (χ2v) is 9.34. The minimum Gasteiger partial charge on any atom is -0.445 e. The number of aromatic nitrogens is 3. The summed E-state index contributed by atoms with van der Waals surface area (Å²) in [6, 6.07) is 9.85. The van der Waals surface area contributed by atoms with Crippen LogP contribution in [0.3, 0.4) is 0 Å². The molecule has 2 aliphatic rings. The first-order valence-electron chi connectivity index (χ1n) is 11.7. The Hall–Kier alpha value is -3.24. The Labute approximate surface area is 206 Å². The maximum absolute atomic E-state index is 13.5. The second-order valence-electron chi connectivity index (χ2n) is 8.91. The smallest absolute Gasteiger partial charge is 0.410 e. The van der Waals surface area contributed by atoms with Crippen LogP contribution in [0.1, 0.15) is 28.8 Å². The molecule has 2 aliphatic heterocycles. The van der Waals surface area contributed by atoms with Gasteiger partial charge in [-0.3, -0.25) is 9.69 Å². The van der Waals surface area contributed by atoms with Gasteiger partial charge in [0, 0.05) is 55.9 Å². The standard InChI is InChI=1S/C24H26ClFN6O3/c25-18-11-16(12-19(26)14-18)15-35-24(34)32-9-7-30(8-10-32)20-3-5-31(6-4-20)23(33)17-1-2-21-22(13-17)28-29-27-21/h1-2,11-14,20H,3-10,15H2,(H,27,28,29). The molecule has 0 saturated carbocycles. The van der Waals surface area contributed by atoms with Gasteiger partial charge in [0.2, 0.25) is 0 Å². The van der Waals surface area contributed by atoms with E-state index in [1.807, 2.05) is 4.90 Å². The number of piperazine rings is 1. The number of piperidine rings is 1. The normalized spacial score (nSPS) is 17.7. The number of rotatable bonds is 4. The van der Waals surface area contributed by atoms with Gasteiger partial charge in [0.15, 0.2) is 0 Å². The number of halogens is 2. The average Bonchev–Trinajstić information content (AvgIpc) is 3.34. The fraction of sp³-hybridized carbons (Fsp3) is 0.417. The zero-order valence-electron chi connectivity index (χ0n) is 19.1. The van der Waals surface area contributed by atoms with E-state index in [2.05, 4.69) is 20.3 Å². The van der Waals surface area contributed by atoms with Gasteiger partial charge in [-0.15, -0.1) is 0 Å². The summed E-state index contributed by atoms with van der Waals surface area (Å²) in [5, 5.41) is 10.9. The van der Waals surface area contributed by atoms with Gasteiger partial charge in [-0.05, 0) is 54.8 Å². The number of fused-ring (bicyclic) bond motifs is 1. The number of aromatic amines is 1. The monoisotopic (exact) mass is 500 g/mol. The van der Waals surface area contributed by atoms with Gasteiger partial charge in [0.25, 0.3) is 5.91 Å². The van der Waals surface area contributed by atoms with Crippen LogP contribution in [0.4, 0.5) is 9.18 Å². The number of hydrogen-bond donors (Lipinski definition) is 1. The zero-order chi connectivity index (χ0) is 24.4. The van der Waals surface area contributed by atoms with E-state index in [1.165, 1.54) is 12.1 Å². The van der Waals surface area contributed by atoms with Crippen molar-refractivity contribution < 1.29 is 18.7 Å². The number of carbonyl (C=O) groups is 2. The van der Waals surface area contributed by atoms with Crippen molar-refractivity contribution in [2.75, 3.05) is 39.3 Å². The van der Waals surface area contributed by atoms with Crippen LogP contribution < -0.4 is 0 Å². The minimum absolute atomic E-state index is 0.0144. The molecule has 0 bridgehead atoms. The largest absolute Gasteiger partial charge is 0.445 e. The van der Waals surface area contributed by atoms with E-state index >= 15 is 0 Å². The highest BCUT2D eigenvalue weighted by Crippen LogP contribution is 2.22. The zero-order valence-corrected chi connectivity index (χ0v) is 19.9. The van der Waals surface area contributed by atoms with Gasteiger partial charge >= 0.3 is 6.09 Å². The highest BCUT2D eigenvalue weighted by molar-refractivity contribution is 6.30. The van der Waals surface area contributed by atoms with Gasteiger partial charge < -0.3 is 14.5 Å². The number of amides is 2. The lowest BCUT2D eigenvalue weighted by molar-refractivity contribution is 0.0394. The maximum Gasteiger partial charge on any atom is 0.410 e. The Bertz CT molecular complexity index is 1200. The number of ether oxygens (including phenoxy) is 1. The first-order chi connectivity index (χ1) is 17.0. The lowest BCUT2D eigenvalue weighted by Crippen LogP contribution is -2.54. The molecule has 5 rings (SSSR count). The number of carbonyl (C=O) groups excluding carboxylic acids is 2. The summed E-state index contributed by atoms with van der Waals surface area (Å²) in [6.07, 6.45) is 1.38. The van der Waals surface area contributed by atoms with Crippen molar-refractivity contribution in [3.8, 4) is 0 Å². The molecule has 35 heavy (non-hydrogen) atoms. The Morgan fingerprint density at radius 3 is 2.46 bits per heavy atom. The molecule has 3 aromatic rings.